The molecule has 7 rings (SSSR count). The van der Waals surface area contributed by atoms with Gasteiger partial charge in [0.2, 0.25) is 12.7 Å². The van der Waals surface area contributed by atoms with Gasteiger partial charge in [-0.25, -0.2) is 0 Å². The van der Waals surface area contributed by atoms with Crippen molar-refractivity contribution < 1.29 is 73.7 Å². The van der Waals surface area contributed by atoms with Crippen LogP contribution >= 0.6 is 0 Å². The molecule has 4 aliphatic rings. The first-order chi connectivity index (χ1) is 20.2. The summed E-state index contributed by atoms with van der Waals surface area (Å²) >= 11 is 0. The van der Waals surface area contributed by atoms with Crippen molar-refractivity contribution in [2.45, 2.75) is 70.4 Å². The molecule has 0 aromatic heterocycles. The number of phenolic OH excluding ortho intramolecular Hbond substituents is 2. The Morgan fingerprint density at radius 3 is 2.44 bits per heavy atom. The van der Waals surface area contributed by atoms with Crippen molar-refractivity contribution in [1.29, 1.82) is 0 Å². The van der Waals surface area contributed by atoms with Crippen LogP contribution in [0.1, 0.15) is 56.6 Å². The smallest absolute Gasteiger partial charge is 0.231 e. The number of nitrogens with one attached hydrogen (secondary N) is 1. The van der Waals surface area contributed by atoms with E-state index >= 15 is 0 Å². The average Bonchev–Trinajstić information content (AvgIpc) is 3.47. The molecule has 1 fully saturated rings. The van der Waals surface area contributed by atoms with Crippen molar-refractivity contribution >= 4 is 5.91 Å². The van der Waals surface area contributed by atoms with Gasteiger partial charge < -0.3 is 30.1 Å². The maximum Gasteiger partial charge on any atom is 0.231 e. The Bertz CT molecular complexity index is 1600. The van der Waals surface area contributed by atoms with E-state index in [0.29, 0.717) is 35.7 Å². The zero-order valence-electron chi connectivity index (χ0n) is 24.9. The van der Waals surface area contributed by atoms with E-state index in [-0.39, 0.29) is 93.6 Å². The second kappa shape index (κ2) is 11.5. The summed E-state index contributed by atoms with van der Waals surface area (Å²) in [5.41, 5.74) is 6.80. The van der Waals surface area contributed by atoms with Crippen LogP contribution in [0.5, 0.6) is 23.0 Å². The van der Waals surface area contributed by atoms with Crippen molar-refractivity contribution in [3.8, 4) is 23.0 Å². The molecule has 4 N–H and O–H groups in total. The number of benzene rings is 3. The third-order valence-electron chi connectivity index (χ3n) is 9.99. The summed E-state index contributed by atoms with van der Waals surface area (Å²) in [5, 5.41) is 38.1. The number of aliphatic hydroxyl groups is 1. The second-order valence-corrected chi connectivity index (χ2v) is 12.2. The van der Waals surface area contributed by atoms with Gasteiger partial charge in [0, 0.05) is 78.9 Å². The summed E-state index contributed by atoms with van der Waals surface area (Å²) in [5.74, 6) is 1.37. The number of aryl methyl sites for hydroxylation is 1. The zero-order valence-corrected chi connectivity index (χ0v) is 29.7. The van der Waals surface area contributed by atoms with Crippen LogP contribution in [0, 0.1) is 64.8 Å². The first kappa shape index (κ1) is 30.7. The number of hydrogen-bond donors (Lipinski definition) is 4. The predicted octanol–water partition coefficient (Wildman–Crippen LogP) is 3.31. The van der Waals surface area contributed by atoms with Crippen molar-refractivity contribution in [1.82, 2.24) is 15.1 Å². The standard InChI is InChI=1S/C33H37N3O6.Ac/c1-16-10-20-12-23-33(40)36-22(28(35(23)4)26(20)30(39)17(16)2)13-21-27(32-31(41-15-42-32)18(3)29(21)38)24(36)14-34-25(37)11-19-8-6-5-7-9-19;/h5-10,22-24,28,33,38-40H,11-15H2,1-4H3,(H,34,37);/t22?,23-,24-,28-,33-;/m0./s1. The zero-order chi connectivity index (χ0) is 29.4. The van der Waals surface area contributed by atoms with Gasteiger partial charge in [-0.05, 0) is 62.9 Å². The summed E-state index contributed by atoms with van der Waals surface area (Å²) in [6.07, 6.45) is 0.381. The molecular formula is C33H37AcN3O6. The van der Waals surface area contributed by atoms with Gasteiger partial charge in [-0.15, -0.1) is 0 Å². The number of amides is 1. The van der Waals surface area contributed by atoms with E-state index in [9.17, 15) is 20.1 Å². The van der Waals surface area contributed by atoms with Crippen LogP contribution < -0.4 is 14.8 Å². The maximum atomic E-state index is 13.2. The Balaban J connectivity index is 0.00000329. The fourth-order valence-corrected chi connectivity index (χ4v) is 7.77. The van der Waals surface area contributed by atoms with Gasteiger partial charge in [-0.2, -0.15) is 0 Å². The fourth-order valence-electron chi connectivity index (χ4n) is 7.77. The Morgan fingerprint density at radius 2 is 1.70 bits per heavy atom. The monoisotopic (exact) mass is 798 g/mol. The molecule has 4 heterocycles. The van der Waals surface area contributed by atoms with Gasteiger partial charge in [-0.3, -0.25) is 14.6 Å². The van der Waals surface area contributed by atoms with E-state index in [4.69, 9.17) is 9.47 Å². The number of aliphatic hydroxyl groups excluding tert-OH is 1. The molecule has 4 aliphatic heterocycles. The molecule has 1 amide bonds. The van der Waals surface area contributed by atoms with Crippen LogP contribution in [0.15, 0.2) is 36.4 Å². The van der Waals surface area contributed by atoms with Crippen molar-refractivity contribution in [3.05, 3.63) is 80.9 Å². The van der Waals surface area contributed by atoms with Gasteiger partial charge in [0.25, 0.3) is 0 Å². The molecule has 3 aromatic rings. The number of aromatic hydroxyl groups is 2. The molecule has 0 spiro atoms. The number of piperazine rings is 1. The van der Waals surface area contributed by atoms with Gasteiger partial charge in [-0.1, -0.05) is 36.4 Å². The van der Waals surface area contributed by atoms with E-state index in [0.717, 1.165) is 38.9 Å². The van der Waals surface area contributed by atoms with Crippen LogP contribution in [0.4, 0.5) is 0 Å². The minimum atomic E-state index is -0.862. The summed E-state index contributed by atoms with van der Waals surface area (Å²) < 4.78 is 11.8. The SMILES string of the molecule is Cc1cc2c(c(O)c1C)[C@@H]1C3Cc4c(O)c(C)c5c(c4[C@H](CNC(=O)Cc4ccccc4)N3[C@@H](O)[C@H](C2)N1C)OCO5.[Ac]. The Kier molecular flexibility index (Phi) is 8.23. The summed E-state index contributed by atoms with van der Waals surface area (Å²) in [6, 6.07) is 10.5. The third kappa shape index (κ3) is 4.76. The van der Waals surface area contributed by atoms with E-state index in [2.05, 4.69) is 21.2 Å². The van der Waals surface area contributed by atoms with Crippen LogP contribution in [-0.2, 0) is 24.1 Å². The number of phenols is 2. The maximum absolute atomic E-state index is 13.2. The van der Waals surface area contributed by atoms with Gasteiger partial charge in [0.1, 0.15) is 17.7 Å². The topological polar surface area (TPSA) is 115 Å². The molecule has 9 nitrogen and oxygen atoms in total. The molecular weight excluding hydrogens is 761 g/mol. The molecule has 1 radical (unpaired) electrons. The number of ether oxygens (including phenoxy) is 2. The number of nitrogens with zero attached hydrogens (tertiary/aromatic N) is 2. The van der Waals surface area contributed by atoms with Gasteiger partial charge >= 0.3 is 0 Å². The minimum Gasteiger partial charge on any atom is -0.507 e. The van der Waals surface area contributed by atoms with E-state index < -0.39 is 12.3 Å². The number of carbonyl (C=O) groups excluding carboxylic acids is 1. The molecule has 1 unspecified atom stereocenters. The quantitative estimate of drug-likeness (QED) is 0.319. The van der Waals surface area contributed by atoms with Crippen LogP contribution in [0.3, 0.4) is 0 Å². The fraction of sp³-hybridized carbons (Fsp3) is 0.424. The Labute approximate surface area is 287 Å². The van der Waals surface area contributed by atoms with E-state index in [1.165, 1.54) is 0 Å². The number of fused-ring (bicyclic) bond motifs is 9. The van der Waals surface area contributed by atoms with Crippen molar-refractivity contribution in [2.24, 2.45) is 0 Å². The van der Waals surface area contributed by atoms with E-state index in [1.807, 2.05) is 58.2 Å². The molecule has 2 bridgehead atoms. The van der Waals surface area contributed by atoms with E-state index in [1.54, 1.807) is 0 Å². The minimum absolute atomic E-state index is 0. The summed E-state index contributed by atoms with van der Waals surface area (Å²) in [4.78, 5) is 17.4. The number of hydrogen-bond acceptors (Lipinski definition) is 8. The summed E-state index contributed by atoms with van der Waals surface area (Å²) in [7, 11) is 2.00. The molecule has 43 heavy (non-hydrogen) atoms. The van der Waals surface area contributed by atoms with Crippen molar-refractivity contribution in [2.75, 3.05) is 20.4 Å². The van der Waals surface area contributed by atoms with Gasteiger partial charge in [0.05, 0.1) is 24.5 Å². The third-order valence-corrected chi connectivity index (χ3v) is 9.99. The Morgan fingerprint density at radius 1 is 0.977 bits per heavy atom. The molecule has 10 heteroatoms. The molecule has 5 atom stereocenters. The first-order valence-electron chi connectivity index (χ1n) is 14.6. The molecule has 0 aliphatic carbocycles. The number of likely N-dealkylation sites (N-methyl/N-ethyl adjacent to an activating group) is 1. The first-order valence-corrected chi connectivity index (χ1v) is 14.6. The van der Waals surface area contributed by atoms with Crippen LogP contribution in [0.25, 0.3) is 0 Å². The largest absolute Gasteiger partial charge is 0.507 e. The van der Waals surface area contributed by atoms with Crippen molar-refractivity contribution in [3.63, 3.8) is 0 Å². The Hall–Kier alpha value is -2.35. The molecule has 1 saturated heterocycles. The number of rotatable bonds is 4. The summed E-state index contributed by atoms with van der Waals surface area (Å²) in [6.45, 7) is 6.00. The van der Waals surface area contributed by atoms with Crippen LogP contribution in [-0.4, -0.2) is 69.7 Å². The number of carbonyl (C=O) groups is 1. The van der Waals surface area contributed by atoms with Crippen LogP contribution in [0.2, 0.25) is 0 Å². The molecule has 223 valence electrons. The van der Waals surface area contributed by atoms with Gasteiger partial charge in [0.15, 0.2) is 11.5 Å². The second-order valence-electron chi connectivity index (χ2n) is 12.2. The normalized spacial score (nSPS) is 25.3. The predicted molar refractivity (Wildman–Crippen MR) is 156 cm³/mol. The average molecular weight is 799 g/mol. The molecule has 0 saturated carbocycles. The molecule has 3 aromatic carbocycles.